The molecule has 6 heteroatoms. The van der Waals surface area contributed by atoms with E-state index in [1.807, 2.05) is 55.5 Å². The van der Waals surface area contributed by atoms with Crippen molar-refractivity contribution < 1.29 is 9.53 Å². The molecule has 29 heavy (non-hydrogen) atoms. The minimum atomic E-state index is -0.178. The van der Waals surface area contributed by atoms with Crippen molar-refractivity contribution in [2.75, 3.05) is 7.11 Å². The average Bonchev–Trinajstić information content (AvgIpc) is 2.75. The third-order valence-corrected chi connectivity index (χ3v) is 4.64. The van der Waals surface area contributed by atoms with Gasteiger partial charge in [0, 0.05) is 31.1 Å². The number of methoxy groups -OCH3 is 1. The van der Waals surface area contributed by atoms with Crippen LogP contribution in [0.1, 0.15) is 24.0 Å². The number of nitrogens with one attached hydrogen (secondary N) is 1. The van der Waals surface area contributed by atoms with Crippen LogP contribution in [-0.4, -0.2) is 22.8 Å². The number of carbonyl (C=O) groups is 1. The number of aromatic nitrogens is 2. The first-order chi connectivity index (χ1) is 14.0. The van der Waals surface area contributed by atoms with Crippen LogP contribution in [0.25, 0.3) is 11.3 Å². The summed E-state index contributed by atoms with van der Waals surface area (Å²) in [5.74, 6) is 0.726. The molecule has 0 aliphatic carbocycles. The maximum Gasteiger partial charge on any atom is 0.266 e. The zero-order valence-corrected chi connectivity index (χ0v) is 16.7. The van der Waals surface area contributed by atoms with Gasteiger partial charge in [0.15, 0.2) is 0 Å². The van der Waals surface area contributed by atoms with Gasteiger partial charge in [-0.05, 0) is 49.2 Å². The predicted octanol–water partition coefficient (Wildman–Crippen LogP) is 3.32. The molecule has 0 aliphatic rings. The largest absolute Gasteiger partial charge is 0.497 e. The van der Waals surface area contributed by atoms with E-state index in [9.17, 15) is 9.59 Å². The fourth-order valence-corrected chi connectivity index (χ4v) is 2.91. The van der Waals surface area contributed by atoms with Crippen molar-refractivity contribution in [2.24, 2.45) is 0 Å². The van der Waals surface area contributed by atoms with E-state index in [1.54, 1.807) is 13.2 Å². The van der Waals surface area contributed by atoms with Gasteiger partial charge in [-0.3, -0.25) is 9.59 Å². The number of aryl methyl sites for hydroxylation is 2. The molecule has 150 valence electrons. The Hall–Kier alpha value is -3.41. The van der Waals surface area contributed by atoms with E-state index >= 15 is 0 Å². The molecule has 1 amide bonds. The molecule has 0 radical (unpaired) electrons. The van der Waals surface area contributed by atoms with Crippen molar-refractivity contribution in [1.82, 2.24) is 15.1 Å². The Balaban J connectivity index is 1.53. The van der Waals surface area contributed by atoms with Crippen LogP contribution < -0.4 is 15.6 Å². The molecule has 0 fully saturated rings. The van der Waals surface area contributed by atoms with Crippen molar-refractivity contribution in [3.8, 4) is 17.0 Å². The number of carbonyl (C=O) groups excluding carboxylic acids is 1. The summed E-state index contributed by atoms with van der Waals surface area (Å²) in [4.78, 5) is 24.2. The Kier molecular flexibility index (Phi) is 6.79. The molecule has 2 aromatic carbocycles. The number of nitrogens with zero attached hydrogens (tertiary/aromatic N) is 2. The van der Waals surface area contributed by atoms with Crippen molar-refractivity contribution in [3.05, 3.63) is 82.1 Å². The van der Waals surface area contributed by atoms with Crippen molar-refractivity contribution in [1.29, 1.82) is 0 Å². The smallest absolute Gasteiger partial charge is 0.266 e. The summed E-state index contributed by atoms with van der Waals surface area (Å²) < 4.78 is 6.57. The predicted molar refractivity (Wildman–Crippen MR) is 113 cm³/mol. The first kappa shape index (κ1) is 20.3. The minimum Gasteiger partial charge on any atom is -0.497 e. The number of hydrogen-bond acceptors (Lipinski definition) is 4. The lowest BCUT2D eigenvalue weighted by atomic mass is 10.1. The van der Waals surface area contributed by atoms with Crippen LogP contribution in [0.4, 0.5) is 0 Å². The van der Waals surface area contributed by atoms with Crippen LogP contribution in [0.3, 0.4) is 0 Å². The van der Waals surface area contributed by atoms with Crippen LogP contribution in [0, 0.1) is 6.92 Å². The van der Waals surface area contributed by atoms with Gasteiger partial charge in [-0.25, -0.2) is 4.68 Å². The highest BCUT2D eigenvalue weighted by atomic mass is 16.5. The van der Waals surface area contributed by atoms with Crippen LogP contribution in [0.2, 0.25) is 0 Å². The highest BCUT2D eigenvalue weighted by Crippen LogP contribution is 2.19. The van der Waals surface area contributed by atoms with Gasteiger partial charge in [-0.1, -0.05) is 29.8 Å². The first-order valence-corrected chi connectivity index (χ1v) is 9.60. The molecule has 0 saturated carbocycles. The lowest BCUT2D eigenvalue weighted by Gasteiger charge is -2.09. The minimum absolute atomic E-state index is 0.0371. The standard InChI is InChI=1S/C23H25N3O3/c1-17-5-7-18(8-6-17)16-24-22(27)4-3-15-26-23(28)14-13-21(25-26)19-9-11-20(29-2)12-10-19/h5-14H,3-4,15-16H2,1-2H3,(H,24,27). The lowest BCUT2D eigenvalue weighted by Crippen LogP contribution is -2.25. The number of ether oxygens (including phenoxy) is 1. The topological polar surface area (TPSA) is 73.2 Å². The highest BCUT2D eigenvalue weighted by molar-refractivity contribution is 5.75. The summed E-state index contributed by atoms with van der Waals surface area (Å²) in [6.07, 6.45) is 0.880. The van der Waals surface area contributed by atoms with E-state index in [0.29, 0.717) is 31.6 Å². The molecular weight excluding hydrogens is 366 g/mol. The molecule has 6 nitrogen and oxygen atoms in total. The Labute approximate surface area is 170 Å². The average molecular weight is 391 g/mol. The number of amides is 1. The fourth-order valence-electron chi connectivity index (χ4n) is 2.91. The molecule has 3 rings (SSSR count). The van der Waals surface area contributed by atoms with Crippen molar-refractivity contribution in [2.45, 2.75) is 32.9 Å². The maximum atomic E-state index is 12.1. The van der Waals surface area contributed by atoms with Gasteiger partial charge in [0.2, 0.25) is 5.91 Å². The molecule has 3 aromatic rings. The third-order valence-electron chi connectivity index (χ3n) is 4.64. The second-order valence-electron chi connectivity index (χ2n) is 6.87. The second-order valence-corrected chi connectivity index (χ2v) is 6.87. The molecule has 0 bridgehead atoms. The molecule has 0 spiro atoms. The Morgan fingerprint density at radius 2 is 1.76 bits per heavy atom. The van der Waals surface area contributed by atoms with Gasteiger partial charge in [0.05, 0.1) is 12.8 Å². The van der Waals surface area contributed by atoms with Crippen LogP contribution in [-0.2, 0) is 17.9 Å². The van der Waals surface area contributed by atoms with Crippen LogP contribution in [0.5, 0.6) is 5.75 Å². The van der Waals surface area contributed by atoms with E-state index < -0.39 is 0 Å². The summed E-state index contributed by atoms with van der Waals surface area (Å²) in [6, 6.07) is 18.8. The van der Waals surface area contributed by atoms with Crippen molar-refractivity contribution >= 4 is 5.91 Å². The lowest BCUT2D eigenvalue weighted by molar-refractivity contribution is -0.121. The SMILES string of the molecule is COc1ccc(-c2ccc(=O)n(CCCC(=O)NCc3ccc(C)cc3)n2)cc1. The zero-order chi connectivity index (χ0) is 20.6. The van der Waals surface area contributed by atoms with Gasteiger partial charge in [-0.2, -0.15) is 5.10 Å². The number of rotatable bonds is 8. The number of hydrogen-bond donors (Lipinski definition) is 1. The number of benzene rings is 2. The van der Waals surface area contributed by atoms with Crippen LogP contribution >= 0.6 is 0 Å². The van der Waals surface area contributed by atoms with Gasteiger partial charge in [-0.15, -0.1) is 0 Å². The molecule has 1 N–H and O–H groups in total. The fraction of sp³-hybridized carbons (Fsp3) is 0.261. The van der Waals surface area contributed by atoms with Crippen molar-refractivity contribution in [3.63, 3.8) is 0 Å². The Morgan fingerprint density at radius 1 is 1.03 bits per heavy atom. The quantitative estimate of drug-likeness (QED) is 0.639. The molecule has 0 unspecified atom stereocenters. The van der Waals surface area contributed by atoms with Gasteiger partial charge in [0.25, 0.3) is 5.56 Å². The molecule has 1 aromatic heterocycles. The summed E-state index contributed by atoms with van der Waals surface area (Å²) in [6.45, 7) is 2.92. The summed E-state index contributed by atoms with van der Waals surface area (Å²) >= 11 is 0. The third kappa shape index (κ3) is 5.78. The summed E-state index contributed by atoms with van der Waals surface area (Å²) in [7, 11) is 1.62. The summed E-state index contributed by atoms with van der Waals surface area (Å²) in [5.41, 5.74) is 3.68. The van der Waals surface area contributed by atoms with E-state index in [2.05, 4.69) is 10.4 Å². The molecular formula is C23H25N3O3. The van der Waals surface area contributed by atoms with Gasteiger partial charge in [0.1, 0.15) is 5.75 Å². The monoisotopic (exact) mass is 391 g/mol. The molecule has 0 saturated heterocycles. The first-order valence-electron chi connectivity index (χ1n) is 9.60. The zero-order valence-electron chi connectivity index (χ0n) is 16.7. The molecule has 0 atom stereocenters. The Morgan fingerprint density at radius 3 is 2.45 bits per heavy atom. The summed E-state index contributed by atoms with van der Waals surface area (Å²) in [5, 5.41) is 7.34. The van der Waals surface area contributed by atoms with E-state index in [0.717, 1.165) is 16.9 Å². The second kappa shape index (κ2) is 9.68. The van der Waals surface area contributed by atoms with Gasteiger partial charge < -0.3 is 10.1 Å². The normalized spacial score (nSPS) is 10.6. The van der Waals surface area contributed by atoms with E-state index in [-0.39, 0.29) is 11.5 Å². The maximum absolute atomic E-state index is 12.1. The van der Waals surface area contributed by atoms with Gasteiger partial charge >= 0.3 is 0 Å². The molecule has 0 aliphatic heterocycles. The van der Waals surface area contributed by atoms with Crippen LogP contribution in [0.15, 0.2) is 65.5 Å². The Bertz CT molecular complexity index is 1010. The van der Waals surface area contributed by atoms with E-state index in [4.69, 9.17) is 4.74 Å². The molecule has 1 heterocycles. The highest BCUT2D eigenvalue weighted by Gasteiger charge is 2.06. The van der Waals surface area contributed by atoms with E-state index in [1.165, 1.54) is 16.3 Å².